The van der Waals surface area contributed by atoms with Gasteiger partial charge in [0.2, 0.25) is 0 Å². The molecule has 0 fully saturated rings. The highest BCUT2D eigenvalue weighted by Crippen LogP contribution is 2.23. The van der Waals surface area contributed by atoms with Crippen LogP contribution in [0.15, 0.2) is 0 Å². The molecule has 0 aromatic heterocycles. The summed E-state index contributed by atoms with van der Waals surface area (Å²) in [5.74, 6) is -1.68. The first-order valence-corrected chi connectivity index (χ1v) is 4.37. The molecule has 0 amide bonds. The van der Waals surface area contributed by atoms with E-state index in [2.05, 4.69) is 0 Å². The van der Waals surface area contributed by atoms with Gasteiger partial charge in [-0.05, 0) is 12.8 Å². The second-order valence-electron chi connectivity index (χ2n) is 3.04. The van der Waals surface area contributed by atoms with Gasteiger partial charge >= 0.3 is 0 Å². The summed E-state index contributed by atoms with van der Waals surface area (Å²) >= 11 is 0. The Hall–Kier alpha value is -0.450. The fourth-order valence-corrected chi connectivity index (χ4v) is 1.18. The van der Waals surface area contributed by atoms with Crippen LogP contribution in [0.3, 0.4) is 0 Å². The first-order chi connectivity index (χ1) is 6.10. The average Bonchev–Trinajstić information content (AvgIpc) is 2.17. The Bertz CT molecular complexity index is 143. The number of aldehydes is 1. The number of hydrogen-bond donors (Lipinski definition) is 1. The molecule has 0 bridgehead atoms. The van der Waals surface area contributed by atoms with Gasteiger partial charge in [0.15, 0.2) is 0 Å². The zero-order chi connectivity index (χ0) is 10.3. The lowest BCUT2D eigenvalue weighted by molar-refractivity contribution is -0.365. The van der Waals surface area contributed by atoms with E-state index in [0.29, 0.717) is 12.8 Å². The van der Waals surface area contributed by atoms with E-state index in [1.165, 1.54) is 14.2 Å². The SMILES string of the molecule is COC(O)(OC)C(C)CCCC=O. The van der Waals surface area contributed by atoms with Gasteiger partial charge in [0, 0.05) is 26.6 Å². The van der Waals surface area contributed by atoms with Crippen molar-refractivity contribution in [3.05, 3.63) is 0 Å². The Balaban J connectivity index is 3.90. The van der Waals surface area contributed by atoms with Crippen LogP contribution in [0, 0.1) is 5.92 Å². The largest absolute Gasteiger partial charge is 0.343 e. The molecule has 1 unspecified atom stereocenters. The number of methoxy groups -OCH3 is 2. The fraction of sp³-hybridized carbons (Fsp3) is 0.889. The topological polar surface area (TPSA) is 55.8 Å². The normalized spacial score (nSPS) is 14.2. The second kappa shape index (κ2) is 6.07. The summed E-state index contributed by atoms with van der Waals surface area (Å²) < 4.78 is 9.65. The quantitative estimate of drug-likeness (QED) is 0.368. The van der Waals surface area contributed by atoms with Gasteiger partial charge in [-0.3, -0.25) is 0 Å². The molecule has 0 aromatic rings. The molecule has 1 atom stereocenters. The number of rotatable bonds is 7. The molecule has 4 heteroatoms. The molecule has 0 aliphatic rings. The van der Waals surface area contributed by atoms with Crippen LogP contribution in [-0.4, -0.2) is 31.6 Å². The molecule has 0 saturated heterocycles. The standard InChI is InChI=1S/C9H18O4/c1-8(6-4-5-7-10)9(11,12-2)13-3/h7-8,11H,4-6H2,1-3H3. The van der Waals surface area contributed by atoms with Gasteiger partial charge in [0.05, 0.1) is 0 Å². The number of carbonyl (C=O) groups excluding carboxylic acids is 1. The van der Waals surface area contributed by atoms with Crippen LogP contribution >= 0.6 is 0 Å². The Morgan fingerprint density at radius 2 is 2.00 bits per heavy atom. The molecule has 0 aliphatic carbocycles. The molecule has 0 spiro atoms. The summed E-state index contributed by atoms with van der Waals surface area (Å²) in [6.07, 6.45) is 2.80. The van der Waals surface area contributed by atoms with Crippen LogP contribution < -0.4 is 0 Å². The van der Waals surface area contributed by atoms with Crippen molar-refractivity contribution in [1.82, 2.24) is 0 Å². The van der Waals surface area contributed by atoms with Crippen LogP contribution in [0.25, 0.3) is 0 Å². The Morgan fingerprint density at radius 3 is 2.38 bits per heavy atom. The number of hydrogen-bond acceptors (Lipinski definition) is 4. The lowest BCUT2D eigenvalue weighted by Gasteiger charge is -2.30. The lowest BCUT2D eigenvalue weighted by Crippen LogP contribution is -2.40. The van der Waals surface area contributed by atoms with Crippen LogP contribution in [0.2, 0.25) is 0 Å². The van der Waals surface area contributed by atoms with Crippen molar-refractivity contribution in [1.29, 1.82) is 0 Å². The molecule has 0 aliphatic heterocycles. The van der Waals surface area contributed by atoms with Crippen LogP contribution in [0.5, 0.6) is 0 Å². The third-order valence-corrected chi connectivity index (χ3v) is 2.17. The van der Waals surface area contributed by atoms with Gasteiger partial charge in [-0.15, -0.1) is 0 Å². The first-order valence-electron chi connectivity index (χ1n) is 4.37. The van der Waals surface area contributed by atoms with Crippen molar-refractivity contribution in [2.75, 3.05) is 14.2 Å². The van der Waals surface area contributed by atoms with Crippen LogP contribution in [0.4, 0.5) is 0 Å². The van der Waals surface area contributed by atoms with E-state index in [1.54, 1.807) is 0 Å². The molecular weight excluding hydrogens is 172 g/mol. The molecule has 4 nitrogen and oxygen atoms in total. The molecule has 0 saturated carbocycles. The average molecular weight is 190 g/mol. The van der Waals surface area contributed by atoms with Gasteiger partial charge in [-0.2, -0.15) is 0 Å². The predicted octanol–water partition coefficient (Wildman–Crippen LogP) is 0.931. The van der Waals surface area contributed by atoms with Crippen molar-refractivity contribution in [3.8, 4) is 0 Å². The van der Waals surface area contributed by atoms with E-state index in [1.807, 2.05) is 6.92 Å². The summed E-state index contributed by atoms with van der Waals surface area (Å²) in [6, 6.07) is 0. The summed E-state index contributed by atoms with van der Waals surface area (Å²) in [5.41, 5.74) is 0. The van der Waals surface area contributed by atoms with Crippen molar-refractivity contribution in [2.45, 2.75) is 32.2 Å². The molecule has 13 heavy (non-hydrogen) atoms. The highest BCUT2D eigenvalue weighted by atomic mass is 16.8. The highest BCUT2D eigenvalue weighted by molar-refractivity contribution is 5.48. The summed E-state index contributed by atoms with van der Waals surface area (Å²) in [6.45, 7) is 1.82. The monoisotopic (exact) mass is 190 g/mol. The van der Waals surface area contributed by atoms with E-state index in [9.17, 15) is 9.90 Å². The zero-order valence-corrected chi connectivity index (χ0v) is 8.45. The number of aliphatic hydroxyl groups is 1. The maximum absolute atomic E-state index is 10.1. The first kappa shape index (κ1) is 12.6. The van der Waals surface area contributed by atoms with E-state index in [0.717, 1.165) is 12.7 Å². The fourth-order valence-electron chi connectivity index (χ4n) is 1.18. The number of carbonyl (C=O) groups is 1. The maximum atomic E-state index is 10.1. The highest BCUT2D eigenvalue weighted by Gasteiger charge is 2.33. The van der Waals surface area contributed by atoms with Gasteiger partial charge in [0.25, 0.3) is 5.97 Å². The summed E-state index contributed by atoms with van der Waals surface area (Å²) in [7, 11) is 2.78. The smallest absolute Gasteiger partial charge is 0.282 e. The molecular formula is C9H18O4. The Morgan fingerprint density at radius 1 is 1.46 bits per heavy atom. The third kappa shape index (κ3) is 3.85. The van der Waals surface area contributed by atoms with E-state index >= 15 is 0 Å². The van der Waals surface area contributed by atoms with Crippen LogP contribution in [0.1, 0.15) is 26.2 Å². The lowest BCUT2D eigenvalue weighted by atomic mass is 10.0. The molecule has 0 heterocycles. The molecule has 0 radical (unpaired) electrons. The van der Waals surface area contributed by atoms with Gasteiger partial charge in [-0.25, -0.2) is 0 Å². The third-order valence-electron chi connectivity index (χ3n) is 2.17. The Labute approximate surface area is 78.8 Å². The minimum Gasteiger partial charge on any atom is -0.343 e. The predicted molar refractivity (Wildman–Crippen MR) is 48.0 cm³/mol. The summed E-state index contributed by atoms with van der Waals surface area (Å²) in [5, 5.41) is 9.66. The van der Waals surface area contributed by atoms with Gasteiger partial charge in [0.1, 0.15) is 6.29 Å². The minimum absolute atomic E-state index is 0.151. The van der Waals surface area contributed by atoms with E-state index < -0.39 is 5.97 Å². The number of ether oxygens (including phenoxy) is 2. The maximum Gasteiger partial charge on any atom is 0.282 e. The van der Waals surface area contributed by atoms with Crippen molar-refractivity contribution >= 4 is 6.29 Å². The van der Waals surface area contributed by atoms with Crippen molar-refractivity contribution < 1.29 is 19.4 Å². The van der Waals surface area contributed by atoms with Crippen LogP contribution in [-0.2, 0) is 14.3 Å². The Kier molecular flexibility index (Phi) is 5.86. The second-order valence-corrected chi connectivity index (χ2v) is 3.04. The zero-order valence-electron chi connectivity index (χ0n) is 8.45. The molecule has 0 aromatic carbocycles. The van der Waals surface area contributed by atoms with Crippen molar-refractivity contribution in [2.24, 2.45) is 5.92 Å². The number of unbranched alkanes of at least 4 members (excludes halogenated alkanes) is 1. The van der Waals surface area contributed by atoms with Gasteiger partial charge < -0.3 is 19.4 Å². The van der Waals surface area contributed by atoms with E-state index in [-0.39, 0.29) is 5.92 Å². The minimum atomic E-state index is -1.52. The molecule has 78 valence electrons. The van der Waals surface area contributed by atoms with Crippen molar-refractivity contribution in [3.63, 3.8) is 0 Å². The molecule has 0 rings (SSSR count). The van der Waals surface area contributed by atoms with Gasteiger partial charge in [-0.1, -0.05) is 6.92 Å². The summed E-state index contributed by atoms with van der Waals surface area (Å²) in [4.78, 5) is 10.1. The molecule has 1 N–H and O–H groups in total. The van der Waals surface area contributed by atoms with E-state index in [4.69, 9.17) is 9.47 Å².